The smallest absolute Gasteiger partial charge is 0.292 e. The molecule has 0 saturated heterocycles. The number of amides is 2. The highest BCUT2D eigenvalue weighted by atomic mass is 16.2. The SMILES string of the molecule is CC(=O)Nc1cccc(/C(C)=N/NC(=O)c2nn(C(C)C)c(=O)c3ccccc23)c1. The minimum Gasteiger partial charge on any atom is -0.326 e. The number of nitrogens with zero attached hydrogens (tertiary/aromatic N) is 3. The fourth-order valence-corrected chi connectivity index (χ4v) is 3.00. The van der Waals surface area contributed by atoms with Crippen LogP contribution < -0.4 is 16.3 Å². The lowest BCUT2D eigenvalue weighted by Crippen LogP contribution is -2.30. The maximum Gasteiger partial charge on any atom is 0.292 e. The van der Waals surface area contributed by atoms with Crippen molar-refractivity contribution in [3.8, 4) is 0 Å². The number of benzene rings is 2. The van der Waals surface area contributed by atoms with Crippen molar-refractivity contribution in [2.45, 2.75) is 33.7 Å². The van der Waals surface area contributed by atoms with Crippen molar-refractivity contribution in [2.75, 3.05) is 5.32 Å². The number of hydrazone groups is 1. The molecule has 2 N–H and O–H groups in total. The number of carbonyl (C=O) groups is 2. The Morgan fingerprint density at radius 3 is 2.40 bits per heavy atom. The molecule has 0 aliphatic heterocycles. The summed E-state index contributed by atoms with van der Waals surface area (Å²) in [6, 6.07) is 13.8. The molecule has 0 saturated carbocycles. The topological polar surface area (TPSA) is 105 Å². The molecule has 0 aliphatic carbocycles. The van der Waals surface area contributed by atoms with E-state index in [-0.39, 0.29) is 23.2 Å². The molecule has 3 rings (SSSR count). The van der Waals surface area contributed by atoms with Crippen LogP contribution >= 0.6 is 0 Å². The van der Waals surface area contributed by atoms with E-state index in [2.05, 4.69) is 20.9 Å². The van der Waals surface area contributed by atoms with Crippen molar-refractivity contribution < 1.29 is 9.59 Å². The Labute approximate surface area is 173 Å². The minimum absolute atomic E-state index is 0.127. The summed E-state index contributed by atoms with van der Waals surface area (Å²) < 4.78 is 1.30. The summed E-state index contributed by atoms with van der Waals surface area (Å²) in [7, 11) is 0. The molecule has 0 aliphatic rings. The maximum atomic E-state index is 12.8. The van der Waals surface area contributed by atoms with E-state index in [0.29, 0.717) is 22.2 Å². The van der Waals surface area contributed by atoms with Crippen LogP contribution in [-0.4, -0.2) is 27.3 Å². The van der Waals surface area contributed by atoms with Gasteiger partial charge in [-0.25, -0.2) is 10.1 Å². The third kappa shape index (κ3) is 4.43. The average Bonchev–Trinajstić information content (AvgIpc) is 2.71. The van der Waals surface area contributed by atoms with Gasteiger partial charge in [-0.2, -0.15) is 10.2 Å². The van der Waals surface area contributed by atoms with Gasteiger partial charge < -0.3 is 5.32 Å². The first-order valence-corrected chi connectivity index (χ1v) is 9.52. The van der Waals surface area contributed by atoms with E-state index in [1.165, 1.54) is 11.6 Å². The van der Waals surface area contributed by atoms with Gasteiger partial charge in [0.1, 0.15) is 0 Å². The van der Waals surface area contributed by atoms with Crippen LogP contribution in [0.25, 0.3) is 10.8 Å². The Morgan fingerprint density at radius 2 is 1.73 bits per heavy atom. The second kappa shape index (κ2) is 8.69. The van der Waals surface area contributed by atoms with Gasteiger partial charge in [0.05, 0.1) is 17.1 Å². The van der Waals surface area contributed by atoms with Gasteiger partial charge in [-0.15, -0.1) is 0 Å². The monoisotopic (exact) mass is 405 g/mol. The zero-order chi connectivity index (χ0) is 21.8. The van der Waals surface area contributed by atoms with Gasteiger partial charge in [-0.05, 0) is 44.5 Å². The quantitative estimate of drug-likeness (QED) is 0.503. The number of nitrogens with one attached hydrogen (secondary N) is 2. The van der Waals surface area contributed by atoms with Crippen LogP contribution in [-0.2, 0) is 4.79 Å². The summed E-state index contributed by atoms with van der Waals surface area (Å²) in [5.74, 6) is -0.689. The number of rotatable bonds is 5. The second-order valence-electron chi connectivity index (χ2n) is 7.14. The first-order chi connectivity index (χ1) is 14.3. The normalized spacial score (nSPS) is 11.6. The summed E-state index contributed by atoms with van der Waals surface area (Å²) in [4.78, 5) is 36.7. The molecule has 0 unspecified atom stereocenters. The lowest BCUT2D eigenvalue weighted by molar-refractivity contribution is -0.114. The van der Waals surface area contributed by atoms with Crippen molar-refractivity contribution in [3.05, 3.63) is 70.1 Å². The number of fused-ring (bicyclic) bond motifs is 1. The highest BCUT2D eigenvalue weighted by Crippen LogP contribution is 2.15. The number of carbonyl (C=O) groups excluding carboxylic acids is 2. The van der Waals surface area contributed by atoms with Crippen molar-refractivity contribution in [1.82, 2.24) is 15.2 Å². The first kappa shape index (κ1) is 20.9. The molecule has 1 aromatic heterocycles. The van der Waals surface area contributed by atoms with Crippen LogP contribution in [0.4, 0.5) is 5.69 Å². The first-order valence-electron chi connectivity index (χ1n) is 9.52. The molecule has 0 radical (unpaired) electrons. The molecular weight excluding hydrogens is 382 g/mol. The molecule has 2 amide bonds. The van der Waals surface area contributed by atoms with Gasteiger partial charge in [0.2, 0.25) is 5.91 Å². The maximum absolute atomic E-state index is 12.8. The minimum atomic E-state index is -0.516. The molecule has 0 bridgehead atoms. The highest BCUT2D eigenvalue weighted by Gasteiger charge is 2.17. The van der Waals surface area contributed by atoms with E-state index in [9.17, 15) is 14.4 Å². The zero-order valence-electron chi connectivity index (χ0n) is 17.3. The predicted octanol–water partition coefficient (Wildman–Crippen LogP) is 3.09. The van der Waals surface area contributed by atoms with Crippen LogP contribution in [0.2, 0.25) is 0 Å². The number of anilines is 1. The van der Waals surface area contributed by atoms with Crippen LogP contribution in [0.15, 0.2) is 58.4 Å². The van der Waals surface area contributed by atoms with E-state index in [0.717, 1.165) is 5.56 Å². The van der Waals surface area contributed by atoms with Gasteiger partial charge in [0, 0.05) is 18.0 Å². The van der Waals surface area contributed by atoms with Crippen LogP contribution in [0, 0.1) is 0 Å². The molecular formula is C22H23N5O3. The molecule has 2 aromatic carbocycles. The van der Waals surface area contributed by atoms with Crippen LogP contribution in [0.3, 0.4) is 0 Å². The molecule has 154 valence electrons. The number of hydrogen-bond acceptors (Lipinski definition) is 5. The summed E-state index contributed by atoms with van der Waals surface area (Å²) in [6.45, 7) is 6.83. The van der Waals surface area contributed by atoms with Gasteiger partial charge in [-0.3, -0.25) is 14.4 Å². The zero-order valence-corrected chi connectivity index (χ0v) is 17.3. The fraction of sp³-hybridized carbons (Fsp3) is 0.227. The molecule has 0 atom stereocenters. The Hall–Kier alpha value is -3.81. The Bertz CT molecular complexity index is 1210. The molecule has 8 heteroatoms. The summed E-state index contributed by atoms with van der Waals surface area (Å²) in [6.07, 6.45) is 0. The molecule has 1 heterocycles. The van der Waals surface area contributed by atoms with E-state index in [4.69, 9.17) is 0 Å². The molecule has 30 heavy (non-hydrogen) atoms. The van der Waals surface area contributed by atoms with E-state index in [1.54, 1.807) is 49.4 Å². The lowest BCUT2D eigenvalue weighted by atomic mass is 10.1. The van der Waals surface area contributed by atoms with Crippen molar-refractivity contribution in [1.29, 1.82) is 0 Å². The summed E-state index contributed by atoms with van der Waals surface area (Å²) in [5.41, 5.74) is 4.33. The van der Waals surface area contributed by atoms with Crippen molar-refractivity contribution in [2.24, 2.45) is 5.10 Å². The Kier molecular flexibility index (Phi) is 6.06. The van der Waals surface area contributed by atoms with E-state index < -0.39 is 5.91 Å². The van der Waals surface area contributed by atoms with Gasteiger partial charge >= 0.3 is 0 Å². The van der Waals surface area contributed by atoms with Crippen LogP contribution in [0.5, 0.6) is 0 Å². The van der Waals surface area contributed by atoms with Gasteiger partial charge in [0.15, 0.2) is 5.69 Å². The third-order valence-electron chi connectivity index (χ3n) is 4.46. The Morgan fingerprint density at radius 1 is 1.03 bits per heavy atom. The van der Waals surface area contributed by atoms with Gasteiger partial charge in [-0.1, -0.05) is 30.3 Å². The molecule has 8 nitrogen and oxygen atoms in total. The lowest BCUT2D eigenvalue weighted by Gasteiger charge is -2.12. The third-order valence-corrected chi connectivity index (χ3v) is 4.46. The van der Waals surface area contributed by atoms with Gasteiger partial charge in [0.25, 0.3) is 11.5 Å². The summed E-state index contributed by atoms with van der Waals surface area (Å²) in [5, 5.41) is 12.0. The summed E-state index contributed by atoms with van der Waals surface area (Å²) >= 11 is 0. The number of hydrogen-bond donors (Lipinski definition) is 2. The molecule has 0 fully saturated rings. The highest BCUT2D eigenvalue weighted by molar-refractivity contribution is 6.06. The number of aromatic nitrogens is 2. The Balaban J connectivity index is 1.93. The molecule has 0 spiro atoms. The fourth-order valence-electron chi connectivity index (χ4n) is 3.00. The van der Waals surface area contributed by atoms with Crippen molar-refractivity contribution >= 4 is 34.0 Å². The van der Waals surface area contributed by atoms with Crippen molar-refractivity contribution in [3.63, 3.8) is 0 Å². The van der Waals surface area contributed by atoms with E-state index in [1.807, 2.05) is 19.9 Å². The predicted molar refractivity (Wildman–Crippen MR) is 117 cm³/mol. The standard InChI is InChI=1S/C22H23N5O3/c1-13(2)27-22(30)19-11-6-5-10-18(19)20(26-27)21(29)25-24-14(3)16-8-7-9-17(12-16)23-15(4)28/h5-13H,1-4H3,(H,23,28)(H,25,29)/b24-14+. The van der Waals surface area contributed by atoms with E-state index >= 15 is 0 Å². The largest absolute Gasteiger partial charge is 0.326 e. The van der Waals surface area contributed by atoms with Crippen LogP contribution in [0.1, 0.15) is 49.8 Å². The second-order valence-corrected chi connectivity index (χ2v) is 7.14. The average molecular weight is 405 g/mol. The molecule has 3 aromatic rings.